The number of carbonyl (C=O) groups is 1. The van der Waals surface area contributed by atoms with E-state index in [1.54, 1.807) is 12.1 Å². The quantitative estimate of drug-likeness (QED) is 0.503. The van der Waals surface area contributed by atoms with Gasteiger partial charge in [-0.2, -0.15) is 0 Å². The standard InChI is InChI=1S/C27H28F2N2O2/c1-16-13-20-23(31(4)5)15-27(2,3)33-24(20)14-19(16)17-9-11-18(12-10-17)30-26(32)25-21(28)7-6-8-22(25)29/h6-14,23H,15H2,1-5H3,(H,30,32). The summed E-state index contributed by atoms with van der Waals surface area (Å²) < 4.78 is 34.1. The van der Waals surface area contributed by atoms with Gasteiger partial charge in [0.2, 0.25) is 0 Å². The lowest BCUT2D eigenvalue weighted by Gasteiger charge is -2.40. The number of fused-ring (bicyclic) bond motifs is 1. The SMILES string of the molecule is Cc1cc2c(cc1-c1ccc(NC(=O)c3c(F)cccc3F)cc1)OC(C)(C)CC2N(C)C. The maximum absolute atomic E-state index is 13.9. The third kappa shape index (κ3) is 4.62. The Kier molecular flexibility index (Phi) is 5.97. The average molecular weight is 451 g/mol. The average Bonchev–Trinajstić information content (AvgIpc) is 2.73. The maximum Gasteiger partial charge on any atom is 0.261 e. The van der Waals surface area contributed by atoms with Gasteiger partial charge in [-0.25, -0.2) is 8.78 Å². The molecular weight excluding hydrogens is 422 g/mol. The zero-order valence-electron chi connectivity index (χ0n) is 19.5. The first-order valence-corrected chi connectivity index (χ1v) is 10.9. The molecular formula is C27H28F2N2O2. The molecule has 3 aromatic carbocycles. The van der Waals surface area contributed by atoms with Crippen LogP contribution in [0.3, 0.4) is 0 Å². The third-order valence-electron chi connectivity index (χ3n) is 6.05. The van der Waals surface area contributed by atoms with Gasteiger partial charge in [-0.1, -0.05) is 24.3 Å². The number of hydrogen-bond donors (Lipinski definition) is 1. The number of hydrogen-bond acceptors (Lipinski definition) is 3. The molecule has 1 heterocycles. The number of anilines is 1. The van der Waals surface area contributed by atoms with Crippen LogP contribution < -0.4 is 10.1 Å². The van der Waals surface area contributed by atoms with E-state index in [1.807, 2.05) is 12.1 Å². The van der Waals surface area contributed by atoms with Gasteiger partial charge in [-0.15, -0.1) is 0 Å². The van der Waals surface area contributed by atoms with Crippen molar-refractivity contribution in [1.29, 1.82) is 0 Å². The van der Waals surface area contributed by atoms with Crippen LogP contribution in [-0.4, -0.2) is 30.5 Å². The van der Waals surface area contributed by atoms with Crippen molar-refractivity contribution in [2.24, 2.45) is 0 Å². The molecule has 1 aliphatic heterocycles. The fourth-order valence-electron chi connectivity index (χ4n) is 4.39. The van der Waals surface area contributed by atoms with Crippen molar-refractivity contribution < 1.29 is 18.3 Å². The lowest BCUT2D eigenvalue weighted by atomic mass is 9.86. The monoisotopic (exact) mass is 450 g/mol. The van der Waals surface area contributed by atoms with Gasteiger partial charge in [0.05, 0.1) is 0 Å². The van der Waals surface area contributed by atoms with Crippen LogP contribution in [0.4, 0.5) is 14.5 Å². The molecule has 0 fully saturated rings. The molecule has 1 amide bonds. The van der Waals surface area contributed by atoms with Gasteiger partial charge < -0.3 is 15.0 Å². The van der Waals surface area contributed by atoms with Crippen LogP contribution in [0, 0.1) is 18.6 Å². The highest BCUT2D eigenvalue weighted by Crippen LogP contribution is 2.44. The van der Waals surface area contributed by atoms with Crippen LogP contribution in [0.25, 0.3) is 11.1 Å². The lowest BCUT2D eigenvalue weighted by Crippen LogP contribution is -2.39. The fraction of sp³-hybridized carbons (Fsp3) is 0.296. The zero-order chi connectivity index (χ0) is 23.9. The van der Waals surface area contributed by atoms with Crippen LogP contribution >= 0.6 is 0 Å². The van der Waals surface area contributed by atoms with E-state index < -0.39 is 23.1 Å². The minimum atomic E-state index is -0.896. The van der Waals surface area contributed by atoms with Gasteiger partial charge in [0.15, 0.2) is 0 Å². The largest absolute Gasteiger partial charge is 0.487 e. The normalized spacial score (nSPS) is 16.8. The Morgan fingerprint density at radius 2 is 1.70 bits per heavy atom. The van der Waals surface area contributed by atoms with Crippen molar-refractivity contribution in [2.45, 2.75) is 38.8 Å². The Bertz CT molecular complexity index is 1180. The van der Waals surface area contributed by atoms with E-state index in [2.05, 4.69) is 57.2 Å². The molecule has 1 unspecified atom stereocenters. The van der Waals surface area contributed by atoms with Gasteiger partial charge in [0.25, 0.3) is 5.91 Å². The summed E-state index contributed by atoms with van der Waals surface area (Å²) in [6.45, 7) is 6.27. The number of nitrogens with zero attached hydrogens (tertiary/aromatic N) is 1. The molecule has 0 saturated carbocycles. The molecule has 0 aromatic heterocycles. The van der Waals surface area contributed by atoms with Gasteiger partial charge >= 0.3 is 0 Å². The molecule has 6 heteroatoms. The summed E-state index contributed by atoms with van der Waals surface area (Å²) >= 11 is 0. The van der Waals surface area contributed by atoms with E-state index in [9.17, 15) is 13.6 Å². The first-order valence-electron chi connectivity index (χ1n) is 10.9. The number of halogens is 2. The number of amides is 1. The van der Waals surface area contributed by atoms with E-state index in [0.29, 0.717) is 5.69 Å². The highest BCUT2D eigenvalue weighted by Gasteiger charge is 2.35. The van der Waals surface area contributed by atoms with E-state index in [-0.39, 0.29) is 11.6 Å². The molecule has 1 N–H and O–H groups in total. The molecule has 3 aromatic rings. The van der Waals surface area contributed by atoms with Crippen LogP contribution in [-0.2, 0) is 0 Å². The summed E-state index contributed by atoms with van der Waals surface area (Å²) in [5.74, 6) is -1.74. The van der Waals surface area contributed by atoms with Crippen molar-refractivity contribution in [1.82, 2.24) is 4.90 Å². The molecule has 4 rings (SSSR count). The Labute approximate surface area is 193 Å². The Hall–Kier alpha value is -3.25. The summed E-state index contributed by atoms with van der Waals surface area (Å²) in [6.07, 6.45) is 0.906. The smallest absolute Gasteiger partial charge is 0.261 e. The molecule has 33 heavy (non-hydrogen) atoms. The van der Waals surface area contributed by atoms with E-state index >= 15 is 0 Å². The van der Waals surface area contributed by atoms with Crippen molar-refractivity contribution in [3.05, 3.63) is 82.9 Å². The molecule has 4 nitrogen and oxygen atoms in total. The molecule has 0 radical (unpaired) electrons. The lowest BCUT2D eigenvalue weighted by molar-refractivity contribution is 0.0437. The predicted octanol–water partition coefficient (Wildman–Crippen LogP) is 6.36. The molecule has 172 valence electrons. The second-order valence-corrected chi connectivity index (χ2v) is 9.38. The topological polar surface area (TPSA) is 41.6 Å². The molecule has 0 bridgehead atoms. The number of rotatable bonds is 4. The van der Waals surface area contributed by atoms with Gasteiger partial charge in [0, 0.05) is 23.7 Å². The summed E-state index contributed by atoms with van der Waals surface area (Å²) in [4.78, 5) is 14.6. The second-order valence-electron chi connectivity index (χ2n) is 9.38. The highest BCUT2D eigenvalue weighted by molar-refractivity contribution is 6.04. The fourth-order valence-corrected chi connectivity index (χ4v) is 4.39. The summed E-state index contributed by atoms with van der Waals surface area (Å²) in [5, 5.41) is 2.56. The summed E-state index contributed by atoms with van der Waals surface area (Å²) in [5.41, 5.74) is 3.87. The number of nitrogens with one attached hydrogen (secondary N) is 1. The van der Waals surface area contributed by atoms with Crippen LogP contribution in [0.5, 0.6) is 5.75 Å². The van der Waals surface area contributed by atoms with E-state index in [0.717, 1.165) is 41.0 Å². The molecule has 0 aliphatic carbocycles. The molecule has 0 saturated heterocycles. The van der Waals surface area contributed by atoms with Gasteiger partial charge in [-0.05, 0) is 81.9 Å². The molecule has 1 atom stereocenters. The molecule has 0 spiro atoms. The van der Waals surface area contributed by atoms with Crippen molar-refractivity contribution in [3.63, 3.8) is 0 Å². The Morgan fingerprint density at radius 1 is 1.06 bits per heavy atom. The van der Waals surface area contributed by atoms with Crippen LogP contribution in [0.15, 0.2) is 54.6 Å². The van der Waals surface area contributed by atoms with E-state index in [4.69, 9.17) is 4.74 Å². The first kappa shape index (κ1) is 22.9. The Morgan fingerprint density at radius 3 is 2.30 bits per heavy atom. The van der Waals surface area contributed by atoms with E-state index in [1.165, 1.54) is 11.6 Å². The van der Waals surface area contributed by atoms with Gasteiger partial charge in [-0.3, -0.25) is 4.79 Å². The third-order valence-corrected chi connectivity index (χ3v) is 6.05. The van der Waals surface area contributed by atoms with Crippen molar-refractivity contribution >= 4 is 11.6 Å². The predicted molar refractivity (Wildman–Crippen MR) is 127 cm³/mol. The zero-order valence-corrected chi connectivity index (χ0v) is 19.5. The molecule has 1 aliphatic rings. The van der Waals surface area contributed by atoms with Crippen molar-refractivity contribution in [3.8, 4) is 16.9 Å². The Balaban J connectivity index is 1.61. The van der Waals surface area contributed by atoms with Gasteiger partial charge in [0.1, 0.15) is 28.5 Å². The van der Waals surface area contributed by atoms with Crippen LogP contribution in [0.1, 0.15) is 47.8 Å². The summed E-state index contributed by atoms with van der Waals surface area (Å²) in [6, 6.07) is 15.1. The number of carbonyl (C=O) groups excluding carboxylic acids is 1. The minimum Gasteiger partial charge on any atom is -0.487 e. The maximum atomic E-state index is 13.9. The number of ether oxygens (including phenoxy) is 1. The minimum absolute atomic E-state index is 0.271. The van der Waals surface area contributed by atoms with Crippen molar-refractivity contribution in [2.75, 3.05) is 19.4 Å². The number of benzene rings is 3. The summed E-state index contributed by atoms with van der Waals surface area (Å²) in [7, 11) is 4.17. The first-order chi connectivity index (χ1) is 15.6. The highest BCUT2D eigenvalue weighted by atomic mass is 19.1. The van der Waals surface area contributed by atoms with Crippen LogP contribution in [0.2, 0.25) is 0 Å². The second kappa shape index (κ2) is 8.60. The number of aryl methyl sites for hydroxylation is 1.